The van der Waals surface area contributed by atoms with E-state index in [1.807, 2.05) is 23.6 Å². The second-order valence-electron chi connectivity index (χ2n) is 5.21. The maximum atomic E-state index is 12.4. The van der Waals surface area contributed by atoms with E-state index in [0.29, 0.717) is 12.2 Å². The van der Waals surface area contributed by atoms with Crippen LogP contribution in [0.25, 0.3) is 0 Å². The Morgan fingerprint density at radius 1 is 1.55 bits per heavy atom. The molecule has 2 rings (SSSR count). The Balaban J connectivity index is 1.98. The van der Waals surface area contributed by atoms with Crippen LogP contribution in [0.1, 0.15) is 45.0 Å². The molecular weight excluding hydrogens is 256 g/mol. The average molecular weight is 280 g/mol. The third-order valence-electron chi connectivity index (χ3n) is 4.02. The molecule has 5 heteroatoms. The molecule has 0 saturated carbocycles. The topological polar surface area (TPSA) is 56.9 Å². The van der Waals surface area contributed by atoms with Crippen molar-refractivity contribution >= 4 is 6.03 Å². The first kappa shape index (κ1) is 14.9. The van der Waals surface area contributed by atoms with Crippen molar-refractivity contribution in [3.8, 4) is 0 Å². The Labute approximate surface area is 120 Å². The summed E-state index contributed by atoms with van der Waals surface area (Å²) in [5, 5.41) is 10.2. The summed E-state index contributed by atoms with van der Waals surface area (Å²) in [5.74, 6) is 0.576. The summed E-state index contributed by atoms with van der Waals surface area (Å²) in [4.78, 5) is 16.2. The molecule has 2 atom stereocenters. The first-order chi connectivity index (χ1) is 9.67. The number of amides is 2. The molecule has 1 aromatic heterocycles. The van der Waals surface area contributed by atoms with Crippen LogP contribution >= 0.6 is 0 Å². The summed E-state index contributed by atoms with van der Waals surface area (Å²) < 4.78 is 5.23. The van der Waals surface area contributed by atoms with Crippen molar-refractivity contribution in [2.24, 2.45) is 0 Å². The minimum absolute atomic E-state index is 0.0872. The number of furan rings is 1. The van der Waals surface area contributed by atoms with Gasteiger partial charge < -0.3 is 19.3 Å². The highest BCUT2D eigenvalue weighted by Crippen LogP contribution is 2.28. The third kappa shape index (κ3) is 3.15. The Hall–Kier alpha value is -1.49. The fraction of sp³-hybridized carbons (Fsp3) is 0.667. The normalized spacial score (nSPS) is 20.1. The van der Waals surface area contributed by atoms with E-state index in [1.54, 1.807) is 18.4 Å². The molecule has 0 spiro atoms. The van der Waals surface area contributed by atoms with Crippen LogP contribution in [0, 0.1) is 0 Å². The lowest BCUT2D eigenvalue weighted by Gasteiger charge is -2.31. The van der Waals surface area contributed by atoms with Gasteiger partial charge in [0.1, 0.15) is 11.9 Å². The van der Waals surface area contributed by atoms with Gasteiger partial charge in [0.25, 0.3) is 0 Å². The van der Waals surface area contributed by atoms with E-state index in [2.05, 4.69) is 0 Å². The van der Waals surface area contributed by atoms with Gasteiger partial charge in [0.2, 0.25) is 0 Å². The summed E-state index contributed by atoms with van der Waals surface area (Å²) >= 11 is 0. The standard InChI is InChI=1S/C15H24N2O3/c1-3-16(4-2)15(19)17-9-5-7-12(17)11-13(18)14-8-6-10-20-14/h6,8,10,12-13,18H,3-5,7,9,11H2,1-2H3/t12-,13-/m0/s1. The lowest BCUT2D eigenvalue weighted by atomic mass is 10.1. The molecule has 1 aliphatic heterocycles. The number of nitrogens with zero attached hydrogens (tertiary/aromatic N) is 2. The minimum atomic E-state index is -0.639. The molecule has 2 amide bonds. The smallest absolute Gasteiger partial charge is 0.320 e. The Morgan fingerprint density at radius 3 is 2.90 bits per heavy atom. The summed E-state index contributed by atoms with van der Waals surface area (Å²) in [7, 11) is 0. The Kier molecular flexibility index (Phi) is 5.06. The van der Waals surface area contributed by atoms with E-state index >= 15 is 0 Å². The van der Waals surface area contributed by atoms with E-state index < -0.39 is 6.10 Å². The molecule has 112 valence electrons. The van der Waals surface area contributed by atoms with Crippen molar-refractivity contribution in [3.63, 3.8) is 0 Å². The molecule has 0 radical (unpaired) electrons. The number of likely N-dealkylation sites (tertiary alicyclic amines) is 1. The summed E-state index contributed by atoms with van der Waals surface area (Å²) in [5.41, 5.74) is 0. The highest BCUT2D eigenvalue weighted by Gasteiger charge is 2.32. The van der Waals surface area contributed by atoms with Crippen molar-refractivity contribution in [1.82, 2.24) is 9.80 Å². The van der Waals surface area contributed by atoms with Crippen LogP contribution in [0.5, 0.6) is 0 Å². The highest BCUT2D eigenvalue weighted by molar-refractivity contribution is 5.75. The number of aliphatic hydroxyl groups excluding tert-OH is 1. The molecule has 0 aliphatic carbocycles. The fourth-order valence-electron chi connectivity index (χ4n) is 2.86. The van der Waals surface area contributed by atoms with Gasteiger partial charge in [-0.1, -0.05) is 0 Å². The lowest BCUT2D eigenvalue weighted by Crippen LogP contribution is -2.45. The number of hydrogen-bond acceptors (Lipinski definition) is 3. The van der Waals surface area contributed by atoms with Gasteiger partial charge in [0.05, 0.1) is 6.26 Å². The van der Waals surface area contributed by atoms with Gasteiger partial charge in [0, 0.05) is 32.1 Å². The molecule has 5 nitrogen and oxygen atoms in total. The Morgan fingerprint density at radius 2 is 2.30 bits per heavy atom. The largest absolute Gasteiger partial charge is 0.467 e. The number of carbonyl (C=O) groups is 1. The van der Waals surface area contributed by atoms with E-state index in [-0.39, 0.29) is 12.1 Å². The average Bonchev–Trinajstić information content (AvgIpc) is 3.11. The number of urea groups is 1. The zero-order valence-electron chi connectivity index (χ0n) is 12.3. The van der Waals surface area contributed by atoms with Crippen molar-refractivity contribution in [2.45, 2.75) is 45.3 Å². The fourth-order valence-corrected chi connectivity index (χ4v) is 2.86. The molecule has 1 aliphatic rings. The molecule has 1 saturated heterocycles. The number of rotatable bonds is 5. The van der Waals surface area contributed by atoms with Crippen LogP contribution < -0.4 is 0 Å². The summed E-state index contributed by atoms with van der Waals surface area (Å²) in [6.07, 6.45) is 3.42. The number of carbonyl (C=O) groups excluding carboxylic acids is 1. The van der Waals surface area contributed by atoms with Crippen LogP contribution in [0.15, 0.2) is 22.8 Å². The van der Waals surface area contributed by atoms with Gasteiger partial charge in [-0.3, -0.25) is 0 Å². The molecule has 0 unspecified atom stereocenters. The van der Waals surface area contributed by atoms with Crippen molar-refractivity contribution in [3.05, 3.63) is 24.2 Å². The van der Waals surface area contributed by atoms with E-state index in [0.717, 1.165) is 32.5 Å². The zero-order chi connectivity index (χ0) is 14.5. The predicted octanol–water partition coefficient (Wildman–Crippen LogP) is 2.63. The number of aliphatic hydroxyl groups is 1. The van der Waals surface area contributed by atoms with Gasteiger partial charge in [-0.15, -0.1) is 0 Å². The molecule has 1 aromatic rings. The lowest BCUT2D eigenvalue weighted by molar-refractivity contribution is 0.0988. The van der Waals surface area contributed by atoms with Crippen molar-refractivity contribution in [1.29, 1.82) is 0 Å². The summed E-state index contributed by atoms with van der Waals surface area (Å²) in [6, 6.07) is 3.73. The SMILES string of the molecule is CCN(CC)C(=O)N1CCC[C@H]1C[C@H](O)c1ccco1. The van der Waals surface area contributed by atoms with Crippen LogP contribution in [-0.4, -0.2) is 46.6 Å². The molecule has 0 aromatic carbocycles. The molecule has 1 fully saturated rings. The van der Waals surface area contributed by atoms with Gasteiger partial charge >= 0.3 is 6.03 Å². The Bertz CT molecular complexity index is 415. The number of hydrogen-bond donors (Lipinski definition) is 1. The molecule has 2 heterocycles. The van der Waals surface area contributed by atoms with Crippen molar-refractivity contribution < 1.29 is 14.3 Å². The zero-order valence-corrected chi connectivity index (χ0v) is 12.3. The van der Waals surface area contributed by atoms with Crippen LogP contribution in [0.3, 0.4) is 0 Å². The molecule has 1 N–H and O–H groups in total. The third-order valence-corrected chi connectivity index (χ3v) is 4.02. The maximum absolute atomic E-state index is 12.4. The second-order valence-corrected chi connectivity index (χ2v) is 5.21. The van der Waals surface area contributed by atoms with Crippen LogP contribution in [0.4, 0.5) is 4.79 Å². The molecule has 20 heavy (non-hydrogen) atoms. The molecule has 0 bridgehead atoms. The molecular formula is C15H24N2O3. The van der Waals surface area contributed by atoms with E-state index in [9.17, 15) is 9.90 Å². The second kappa shape index (κ2) is 6.79. The highest BCUT2D eigenvalue weighted by atomic mass is 16.4. The van der Waals surface area contributed by atoms with Crippen LogP contribution in [0.2, 0.25) is 0 Å². The van der Waals surface area contributed by atoms with Crippen molar-refractivity contribution in [2.75, 3.05) is 19.6 Å². The first-order valence-corrected chi connectivity index (χ1v) is 7.44. The minimum Gasteiger partial charge on any atom is -0.467 e. The predicted molar refractivity (Wildman–Crippen MR) is 76.3 cm³/mol. The van der Waals surface area contributed by atoms with Gasteiger partial charge in [0.15, 0.2) is 0 Å². The van der Waals surface area contributed by atoms with Gasteiger partial charge in [-0.25, -0.2) is 4.79 Å². The summed E-state index contributed by atoms with van der Waals surface area (Å²) in [6.45, 7) is 6.21. The van der Waals surface area contributed by atoms with Gasteiger partial charge in [-0.05, 0) is 38.8 Å². The van der Waals surface area contributed by atoms with E-state index in [4.69, 9.17) is 4.42 Å². The van der Waals surface area contributed by atoms with E-state index in [1.165, 1.54) is 0 Å². The van der Waals surface area contributed by atoms with Gasteiger partial charge in [-0.2, -0.15) is 0 Å². The monoisotopic (exact) mass is 280 g/mol. The van der Waals surface area contributed by atoms with Crippen LogP contribution in [-0.2, 0) is 0 Å². The first-order valence-electron chi connectivity index (χ1n) is 7.44. The quantitative estimate of drug-likeness (QED) is 0.902. The maximum Gasteiger partial charge on any atom is 0.320 e.